The van der Waals surface area contributed by atoms with Crippen LogP contribution in [0.5, 0.6) is 5.75 Å². The molecule has 5 nitrogen and oxygen atoms in total. The number of thiocarbonyl (C=S) groups is 1. The second-order valence-corrected chi connectivity index (χ2v) is 9.48. The van der Waals surface area contributed by atoms with Crippen LogP contribution in [0.1, 0.15) is 45.9 Å². The summed E-state index contributed by atoms with van der Waals surface area (Å²) in [4.78, 5) is 6.91. The first-order valence-corrected chi connectivity index (χ1v) is 12.2. The van der Waals surface area contributed by atoms with Gasteiger partial charge in [0.2, 0.25) is 0 Å². The van der Waals surface area contributed by atoms with Crippen molar-refractivity contribution in [2.45, 2.75) is 39.8 Å². The van der Waals surface area contributed by atoms with Gasteiger partial charge in [-0.05, 0) is 99.1 Å². The minimum Gasteiger partial charge on any atom is -0.497 e. The third-order valence-electron chi connectivity index (χ3n) is 6.90. The summed E-state index contributed by atoms with van der Waals surface area (Å²) in [5, 5.41) is 4.26. The first-order chi connectivity index (χ1) is 16.9. The van der Waals surface area contributed by atoms with Crippen molar-refractivity contribution < 1.29 is 4.74 Å². The summed E-state index contributed by atoms with van der Waals surface area (Å²) in [5.74, 6) is 0.817. The van der Waals surface area contributed by atoms with Crippen molar-refractivity contribution >= 4 is 23.0 Å². The Morgan fingerprint density at radius 2 is 1.63 bits per heavy atom. The Labute approximate surface area is 212 Å². The summed E-state index contributed by atoms with van der Waals surface area (Å²) in [5.41, 5.74) is 9.37. The van der Waals surface area contributed by atoms with Gasteiger partial charge in [0.15, 0.2) is 5.11 Å². The van der Waals surface area contributed by atoms with Gasteiger partial charge >= 0.3 is 0 Å². The topological polar surface area (TPSA) is 42.3 Å². The standard InChI is InChI=1S/C29H30N4OS/c1-18-9-8-10-19(2)27(18)32-20(3)17-24(21(32)4)28-26(25-11-6-7-16-30-25)31-29(35)33(28)22-12-14-23(34-5)15-13-22/h6-17,26,28H,1-5H3,(H,31,35)/t26-,28+/m0/s1. The van der Waals surface area contributed by atoms with Crippen LogP contribution in [-0.4, -0.2) is 21.8 Å². The van der Waals surface area contributed by atoms with Gasteiger partial charge in [-0.3, -0.25) is 4.98 Å². The van der Waals surface area contributed by atoms with Crippen molar-refractivity contribution in [1.82, 2.24) is 14.9 Å². The molecule has 0 amide bonds. The lowest BCUT2D eigenvalue weighted by Gasteiger charge is -2.28. The molecule has 1 N–H and O–H groups in total. The molecule has 35 heavy (non-hydrogen) atoms. The van der Waals surface area contributed by atoms with Crippen molar-refractivity contribution in [3.05, 3.63) is 107 Å². The predicted octanol–water partition coefficient (Wildman–Crippen LogP) is 6.29. The molecule has 1 aliphatic heterocycles. The van der Waals surface area contributed by atoms with Crippen molar-refractivity contribution in [2.24, 2.45) is 0 Å². The molecule has 0 aliphatic carbocycles. The van der Waals surface area contributed by atoms with E-state index in [1.165, 1.54) is 33.8 Å². The van der Waals surface area contributed by atoms with Crippen LogP contribution >= 0.6 is 12.2 Å². The SMILES string of the molecule is COc1ccc(N2C(=S)N[C@@H](c3ccccn3)[C@H]2c2cc(C)n(-c3c(C)cccc3C)c2C)cc1. The molecule has 3 heterocycles. The smallest absolute Gasteiger partial charge is 0.174 e. The van der Waals surface area contributed by atoms with E-state index in [0.717, 1.165) is 17.1 Å². The van der Waals surface area contributed by atoms with Gasteiger partial charge < -0.3 is 19.5 Å². The van der Waals surface area contributed by atoms with Gasteiger partial charge in [0.1, 0.15) is 5.75 Å². The molecule has 0 bridgehead atoms. The van der Waals surface area contributed by atoms with E-state index in [4.69, 9.17) is 21.9 Å². The quantitative estimate of drug-likeness (QED) is 0.339. The van der Waals surface area contributed by atoms with E-state index in [9.17, 15) is 0 Å². The number of aryl methyl sites for hydroxylation is 3. The minimum absolute atomic E-state index is 0.0601. The zero-order chi connectivity index (χ0) is 24.7. The van der Waals surface area contributed by atoms with E-state index in [2.05, 4.69) is 84.9 Å². The number of aromatic nitrogens is 2. The lowest BCUT2D eigenvalue weighted by Crippen LogP contribution is -2.29. The van der Waals surface area contributed by atoms with Crippen LogP contribution in [0.15, 0.2) is 72.9 Å². The summed E-state index contributed by atoms with van der Waals surface area (Å²) in [6, 6.07) is 22.7. The van der Waals surface area contributed by atoms with Gasteiger partial charge in [-0.1, -0.05) is 24.3 Å². The van der Waals surface area contributed by atoms with Crippen LogP contribution in [0.4, 0.5) is 5.69 Å². The first-order valence-electron chi connectivity index (χ1n) is 11.8. The second kappa shape index (κ2) is 9.19. The Morgan fingerprint density at radius 3 is 2.26 bits per heavy atom. The van der Waals surface area contributed by atoms with Gasteiger partial charge in [0.05, 0.1) is 30.6 Å². The zero-order valence-corrected chi connectivity index (χ0v) is 21.6. The van der Waals surface area contributed by atoms with Crippen LogP contribution in [0.2, 0.25) is 0 Å². The Hall–Kier alpha value is -3.64. The number of rotatable bonds is 5. The summed E-state index contributed by atoms with van der Waals surface area (Å²) in [6.45, 7) is 8.73. The number of benzene rings is 2. The molecule has 0 saturated carbocycles. The predicted molar refractivity (Wildman–Crippen MR) is 146 cm³/mol. The van der Waals surface area contributed by atoms with Crippen LogP contribution < -0.4 is 15.0 Å². The zero-order valence-electron chi connectivity index (χ0n) is 20.7. The van der Waals surface area contributed by atoms with Gasteiger partial charge in [0, 0.05) is 23.3 Å². The Bertz CT molecular complexity index is 1360. The summed E-state index contributed by atoms with van der Waals surface area (Å²) >= 11 is 5.90. The highest BCUT2D eigenvalue weighted by Gasteiger charge is 2.42. The minimum atomic E-state index is -0.0854. The van der Waals surface area contributed by atoms with E-state index in [0.29, 0.717) is 5.11 Å². The molecule has 2 aromatic heterocycles. The fourth-order valence-electron chi connectivity index (χ4n) is 5.28. The van der Waals surface area contributed by atoms with E-state index >= 15 is 0 Å². The van der Waals surface area contributed by atoms with E-state index < -0.39 is 0 Å². The molecule has 5 rings (SSSR count). The molecule has 0 unspecified atom stereocenters. The van der Waals surface area contributed by atoms with Crippen LogP contribution in [0.25, 0.3) is 5.69 Å². The summed E-state index contributed by atoms with van der Waals surface area (Å²) < 4.78 is 7.77. The maximum Gasteiger partial charge on any atom is 0.174 e. The maximum atomic E-state index is 5.90. The van der Waals surface area contributed by atoms with Gasteiger partial charge in [0.25, 0.3) is 0 Å². The van der Waals surface area contributed by atoms with Crippen molar-refractivity contribution in [1.29, 1.82) is 0 Å². The van der Waals surface area contributed by atoms with Crippen LogP contribution in [0.3, 0.4) is 0 Å². The number of nitrogens with one attached hydrogen (secondary N) is 1. The summed E-state index contributed by atoms with van der Waals surface area (Å²) in [6.07, 6.45) is 1.84. The number of nitrogens with zero attached hydrogens (tertiary/aromatic N) is 3. The fraction of sp³-hybridized carbons (Fsp3) is 0.241. The van der Waals surface area contributed by atoms with Crippen molar-refractivity contribution in [3.63, 3.8) is 0 Å². The molecule has 6 heteroatoms. The maximum absolute atomic E-state index is 5.90. The normalized spacial score (nSPS) is 17.5. The third kappa shape index (κ3) is 3.98. The molecule has 4 aromatic rings. The molecular formula is C29H30N4OS. The Kier molecular flexibility index (Phi) is 6.07. The average Bonchev–Trinajstić information content (AvgIpc) is 3.35. The highest BCUT2D eigenvalue weighted by Crippen LogP contribution is 2.44. The second-order valence-electron chi connectivity index (χ2n) is 9.10. The van der Waals surface area contributed by atoms with E-state index in [1.54, 1.807) is 7.11 Å². The van der Waals surface area contributed by atoms with Crippen molar-refractivity contribution in [2.75, 3.05) is 12.0 Å². The molecule has 178 valence electrons. The average molecular weight is 483 g/mol. The van der Waals surface area contributed by atoms with Crippen LogP contribution in [0, 0.1) is 27.7 Å². The monoisotopic (exact) mass is 482 g/mol. The van der Waals surface area contributed by atoms with Gasteiger partial charge in [-0.15, -0.1) is 0 Å². The number of ether oxygens (including phenoxy) is 1. The van der Waals surface area contributed by atoms with E-state index in [-0.39, 0.29) is 12.1 Å². The highest BCUT2D eigenvalue weighted by molar-refractivity contribution is 7.80. The molecule has 1 aliphatic rings. The number of hydrogen-bond donors (Lipinski definition) is 1. The van der Waals surface area contributed by atoms with Crippen LogP contribution in [-0.2, 0) is 0 Å². The molecule has 2 aromatic carbocycles. The lowest BCUT2D eigenvalue weighted by molar-refractivity contribution is 0.415. The van der Waals surface area contributed by atoms with Gasteiger partial charge in [-0.2, -0.15) is 0 Å². The third-order valence-corrected chi connectivity index (χ3v) is 7.22. The van der Waals surface area contributed by atoms with E-state index in [1.807, 2.05) is 30.5 Å². The summed E-state index contributed by atoms with van der Waals surface area (Å²) in [7, 11) is 1.68. The first kappa shape index (κ1) is 23.1. The number of anilines is 1. The molecule has 0 radical (unpaired) electrons. The van der Waals surface area contributed by atoms with Crippen molar-refractivity contribution in [3.8, 4) is 11.4 Å². The Morgan fingerprint density at radius 1 is 0.914 bits per heavy atom. The largest absolute Gasteiger partial charge is 0.497 e. The number of para-hydroxylation sites is 1. The van der Waals surface area contributed by atoms with Gasteiger partial charge in [-0.25, -0.2) is 0 Å². The molecule has 2 atom stereocenters. The number of methoxy groups -OCH3 is 1. The highest BCUT2D eigenvalue weighted by atomic mass is 32.1. The molecule has 0 spiro atoms. The number of pyridine rings is 1. The fourth-order valence-corrected chi connectivity index (χ4v) is 5.63. The Balaban J connectivity index is 1.69. The lowest BCUT2D eigenvalue weighted by atomic mass is 9.96. The number of hydrogen-bond acceptors (Lipinski definition) is 3. The molecular weight excluding hydrogens is 452 g/mol. The molecule has 1 fully saturated rings. The molecule has 1 saturated heterocycles.